The minimum Gasteiger partial charge on any atom is -0.318 e. The van der Waals surface area contributed by atoms with Crippen molar-refractivity contribution in [3.05, 3.63) is 76.9 Å². The van der Waals surface area contributed by atoms with E-state index in [1.165, 1.54) is 23.0 Å². The van der Waals surface area contributed by atoms with Gasteiger partial charge in [-0.1, -0.05) is 0 Å². The Labute approximate surface area is 189 Å². The van der Waals surface area contributed by atoms with E-state index in [0.717, 1.165) is 5.69 Å². The number of hydrogen-bond donors (Lipinski definition) is 1. The van der Waals surface area contributed by atoms with E-state index < -0.39 is 10.0 Å². The lowest BCUT2D eigenvalue weighted by Gasteiger charge is -2.10. The summed E-state index contributed by atoms with van der Waals surface area (Å²) in [6.45, 7) is 5.17. The van der Waals surface area contributed by atoms with Gasteiger partial charge in [-0.25, -0.2) is 17.9 Å². The van der Waals surface area contributed by atoms with Crippen LogP contribution >= 0.6 is 0 Å². The maximum Gasteiger partial charge on any atom is 0.238 e. The first kappa shape index (κ1) is 22.5. The lowest BCUT2D eigenvalue weighted by Crippen LogP contribution is -2.14. The summed E-state index contributed by atoms with van der Waals surface area (Å²) in [7, 11) is -3.79. The average Bonchev–Trinajstić information content (AvgIpc) is 3.33. The molecule has 0 radical (unpaired) electrons. The van der Waals surface area contributed by atoms with Crippen LogP contribution in [0.1, 0.15) is 27.3 Å². The topological polar surface area (TPSA) is 126 Å². The first-order valence-electron chi connectivity index (χ1n) is 9.94. The number of nitrogens with zero attached hydrogens (tertiary/aromatic N) is 5. The maximum absolute atomic E-state index is 13.5. The molecule has 170 valence electrons. The molecule has 9 nitrogen and oxygen atoms in total. The van der Waals surface area contributed by atoms with Crippen molar-refractivity contribution in [3.8, 4) is 17.1 Å². The Kier molecular flexibility index (Phi) is 5.68. The number of Topliss-reactive ketones (excluding diaryl/α,β-unsaturated/α-hetero) is 1. The van der Waals surface area contributed by atoms with Gasteiger partial charge in [0.2, 0.25) is 15.8 Å². The highest BCUT2D eigenvalue weighted by Gasteiger charge is 2.19. The molecule has 2 heterocycles. The van der Waals surface area contributed by atoms with Crippen molar-refractivity contribution in [1.82, 2.24) is 24.8 Å². The third-order valence-electron chi connectivity index (χ3n) is 5.31. The van der Waals surface area contributed by atoms with Crippen LogP contribution in [0.5, 0.6) is 0 Å². The van der Waals surface area contributed by atoms with Crippen molar-refractivity contribution >= 4 is 15.8 Å². The lowest BCUT2D eigenvalue weighted by molar-refractivity contribution is 0.0961. The van der Waals surface area contributed by atoms with Crippen LogP contribution in [0.25, 0.3) is 17.1 Å². The summed E-state index contributed by atoms with van der Waals surface area (Å²) in [4.78, 5) is 14.2. The number of hydrogen-bond acceptors (Lipinski definition) is 6. The number of primary sulfonamides is 1. The van der Waals surface area contributed by atoms with Crippen molar-refractivity contribution in [2.45, 2.75) is 32.2 Å². The number of nitrogens with two attached hydrogens (primary N) is 1. The fourth-order valence-corrected chi connectivity index (χ4v) is 4.17. The molecule has 0 spiro atoms. The molecule has 0 fully saturated rings. The predicted molar refractivity (Wildman–Crippen MR) is 119 cm³/mol. The number of ketones is 1. The standard InChI is InChI=1S/C22H21FN6O3S/c1-13-10-16(4-9-20(13)23)22-25-27-28(26-22)12-21(30)19-11-14(2)29(15(19)3)17-5-7-18(8-6-17)33(24,31)32/h4-11H,12H2,1-3H3,(H2,24,31,32). The van der Waals surface area contributed by atoms with Crippen LogP contribution < -0.4 is 5.14 Å². The SMILES string of the molecule is Cc1cc(-c2nnn(CC(=O)c3cc(C)n(-c4ccc(S(N)(=O)=O)cc4)c3C)n2)ccc1F. The smallest absolute Gasteiger partial charge is 0.238 e. The summed E-state index contributed by atoms with van der Waals surface area (Å²) in [6.07, 6.45) is 0. The van der Waals surface area contributed by atoms with Crippen LogP contribution in [-0.4, -0.2) is 39.0 Å². The minimum absolute atomic E-state index is 0.00872. The van der Waals surface area contributed by atoms with Crippen molar-refractivity contribution < 1.29 is 17.6 Å². The number of rotatable bonds is 6. The van der Waals surface area contributed by atoms with Gasteiger partial charge in [-0.3, -0.25) is 4.79 Å². The molecule has 0 aliphatic heterocycles. The number of benzene rings is 2. The van der Waals surface area contributed by atoms with Gasteiger partial charge in [0.15, 0.2) is 5.78 Å². The van der Waals surface area contributed by atoms with Crippen molar-refractivity contribution in [1.29, 1.82) is 0 Å². The molecule has 4 rings (SSSR count). The van der Waals surface area contributed by atoms with E-state index in [2.05, 4.69) is 15.4 Å². The van der Waals surface area contributed by atoms with E-state index in [1.807, 2.05) is 11.5 Å². The van der Waals surface area contributed by atoms with E-state index >= 15 is 0 Å². The molecule has 0 bridgehead atoms. The van der Waals surface area contributed by atoms with E-state index in [4.69, 9.17) is 5.14 Å². The van der Waals surface area contributed by atoms with Gasteiger partial charge in [0.25, 0.3) is 0 Å². The largest absolute Gasteiger partial charge is 0.318 e. The summed E-state index contributed by atoms with van der Waals surface area (Å²) in [5, 5.41) is 17.3. The van der Waals surface area contributed by atoms with Gasteiger partial charge in [-0.2, -0.15) is 4.80 Å². The molecule has 0 saturated carbocycles. The van der Waals surface area contributed by atoms with Crippen LogP contribution in [0.2, 0.25) is 0 Å². The maximum atomic E-state index is 13.5. The van der Waals surface area contributed by atoms with Gasteiger partial charge in [0.05, 0.1) is 4.90 Å². The van der Waals surface area contributed by atoms with Crippen molar-refractivity contribution in [2.75, 3.05) is 0 Å². The number of carbonyl (C=O) groups is 1. The first-order valence-corrected chi connectivity index (χ1v) is 11.5. The molecule has 2 N–H and O–H groups in total. The van der Waals surface area contributed by atoms with Crippen LogP contribution in [0.3, 0.4) is 0 Å². The Morgan fingerprint density at radius 1 is 1.06 bits per heavy atom. The molecule has 0 amide bonds. The second kappa shape index (κ2) is 8.34. The molecule has 11 heteroatoms. The van der Waals surface area contributed by atoms with E-state index in [-0.39, 0.29) is 23.0 Å². The first-order chi connectivity index (χ1) is 15.5. The van der Waals surface area contributed by atoms with Crippen molar-refractivity contribution in [3.63, 3.8) is 0 Å². The third-order valence-corrected chi connectivity index (χ3v) is 6.24. The van der Waals surface area contributed by atoms with Gasteiger partial charge >= 0.3 is 0 Å². The van der Waals surface area contributed by atoms with Crippen molar-refractivity contribution in [2.24, 2.45) is 5.14 Å². The molecule has 0 aliphatic rings. The number of tetrazole rings is 1. The van der Waals surface area contributed by atoms with Crippen LogP contribution in [0, 0.1) is 26.6 Å². The highest BCUT2D eigenvalue weighted by atomic mass is 32.2. The van der Waals surface area contributed by atoms with Crippen LogP contribution in [0.4, 0.5) is 4.39 Å². The summed E-state index contributed by atoms with van der Waals surface area (Å²) in [5.41, 5.74) is 3.74. The van der Waals surface area contributed by atoms with Crippen LogP contribution in [-0.2, 0) is 16.6 Å². The Hall–Kier alpha value is -3.70. The number of aromatic nitrogens is 5. The monoisotopic (exact) mass is 468 g/mol. The van der Waals surface area contributed by atoms with E-state index in [0.29, 0.717) is 33.9 Å². The third kappa shape index (κ3) is 4.45. The van der Waals surface area contributed by atoms with Gasteiger partial charge < -0.3 is 4.57 Å². The van der Waals surface area contributed by atoms with E-state index in [9.17, 15) is 17.6 Å². The zero-order valence-corrected chi connectivity index (χ0v) is 19.0. The van der Waals surface area contributed by atoms with E-state index in [1.54, 1.807) is 44.2 Å². The Bertz CT molecular complexity index is 1470. The average molecular weight is 469 g/mol. The molecule has 2 aromatic heterocycles. The van der Waals surface area contributed by atoms with Gasteiger partial charge in [-0.05, 0) is 80.1 Å². The second-order valence-electron chi connectivity index (χ2n) is 7.69. The summed E-state index contributed by atoms with van der Waals surface area (Å²) < 4.78 is 38.3. The molecule has 2 aromatic carbocycles. The number of halogens is 1. The zero-order chi connectivity index (χ0) is 23.9. The number of carbonyl (C=O) groups excluding carboxylic acids is 1. The summed E-state index contributed by atoms with van der Waals surface area (Å²) >= 11 is 0. The summed E-state index contributed by atoms with van der Waals surface area (Å²) in [5.74, 6) is -0.239. The molecule has 0 aliphatic carbocycles. The number of sulfonamides is 1. The molecule has 0 unspecified atom stereocenters. The quantitative estimate of drug-likeness (QED) is 0.434. The predicted octanol–water partition coefficient (Wildman–Crippen LogP) is 2.73. The Morgan fingerprint density at radius 3 is 2.39 bits per heavy atom. The van der Waals surface area contributed by atoms with Gasteiger partial charge in [0.1, 0.15) is 12.4 Å². The highest BCUT2D eigenvalue weighted by molar-refractivity contribution is 7.89. The Morgan fingerprint density at radius 2 is 1.76 bits per heavy atom. The number of aryl methyl sites for hydroxylation is 2. The highest BCUT2D eigenvalue weighted by Crippen LogP contribution is 2.23. The Balaban J connectivity index is 1.58. The molecular formula is C22H21FN6O3S. The molecular weight excluding hydrogens is 447 g/mol. The fraction of sp³-hybridized carbons (Fsp3) is 0.182. The minimum atomic E-state index is -3.79. The molecule has 0 atom stereocenters. The fourth-order valence-electron chi connectivity index (χ4n) is 3.65. The molecule has 33 heavy (non-hydrogen) atoms. The summed E-state index contributed by atoms with van der Waals surface area (Å²) in [6, 6.07) is 12.4. The zero-order valence-electron chi connectivity index (χ0n) is 18.2. The molecule has 4 aromatic rings. The lowest BCUT2D eigenvalue weighted by atomic mass is 10.1. The van der Waals surface area contributed by atoms with Gasteiger partial charge in [-0.15, -0.1) is 10.2 Å². The molecule has 0 saturated heterocycles. The second-order valence-corrected chi connectivity index (χ2v) is 9.25. The van der Waals surface area contributed by atoms with Gasteiger partial charge in [0, 0.05) is 28.2 Å². The van der Waals surface area contributed by atoms with Crippen LogP contribution in [0.15, 0.2) is 53.4 Å². The normalized spacial score (nSPS) is 11.7.